The van der Waals surface area contributed by atoms with E-state index in [1.807, 2.05) is 25.1 Å². The zero-order valence-electron chi connectivity index (χ0n) is 8.18. The summed E-state index contributed by atoms with van der Waals surface area (Å²) in [5.41, 5.74) is 1.07. The van der Waals surface area contributed by atoms with Crippen LogP contribution in [-0.2, 0) is 4.74 Å². The molecule has 1 N–H and O–H groups in total. The van der Waals surface area contributed by atoms with Crippen molar-refractivity contribution in [2.45, 2.75) is 13.0 Å². The van der Waals surface area contributed by atoms with Crippen LogP contribution in [0.25, 0.3) is 0 Å². The number of benzene rings is 1. The monoisotopic (exact) mass is 321 g/mol. The van der Waals surface area contributed by atoms with Crippen LogP contribution in [0.2, 0.25) is 0 Å². The minimum absolute atomic E-state index is 0.203. The van der Waals surface area contributed by atoms with Crippen LogP contribution >= 0.6 is 31.9 Å². The highest BCUT2D eigenvalue weighted by Gasteiger charge is 2.05. The Morgan fingerprint density at radius 1 is 1.36 bits per heavy atom. The molecule has 1 aromatic rings. The first-order valence-electron chi connectivity index (χ1n) is 4.36. The SMILES string of the molecule is COC(C)CNc1c(Br)cccc1Br. The molecule has 0 spiro atoms. The summed E-state index contributed by atoms with van der Waals surface area (Å²) in [5, 5.41) is 3.31. The topological polar surface area (TPSA) is 21.3 Å². The minimum Gasteiger partial charge on any atom is -0.381 e. The number of ether oxygens (including phenoxy) is 1. The van der Waals surface area contributed by atoms with Crippen LogP contribution in [-0.4, -0.2) is 19.8 Å². The van der Waals surface area contributed by atoms with Crippen molar-refractivity contribution < 1.29 is 4.74 Å². The van der Waals surface area contributed by atoms with Gasteiger partial charge in [0.2, 0.25) is 0 Å². The molecule has 0 amide bonds. The third-order valence-corrected chi connectivity index (χ3v) is 3.25. The summed E-state index contributed by atoms with van der Waals surface area (Å²) in [6.45, 7) is 2.81. The zero-order valence-corrected chi connectivity index (χ0v) is 11.4. The average molecular weight is 323 g/mol. The molecule has 4 heteroatoms. The number of para-hydroxylation sites is 1. The van der Waals surface area contributed by atoms with E-state index in [-0.39, 0.29) is 6.10 Å². The fourth-order valence-corrected chi connectivity index (χ4v) is 2.27. The van der Waals surface area contributed by atoms with E-state index >= 15 is 0 Å². The molecule has 14 heavy (non-hydrogen) atoms. The maximum atomic E-state index is 5.16. The molecule has 0 radical (unpaired) electrons. The molecule has 0 aliphatic carbocycles. The maximum absolute atomic E-state index is 5.16. The summed E-state index contributed by atoms with van der Waals surface area (Å²) < 4.78 is 7.26. The molecule has 1 unspecified atom stereocenters. The van der Waals surface area contributed by atoms with E-state index in [0.29, 0.717) is 0 Å². The second-order valence-electron chi connectivity index (χ2n) is 3.02. The standard InChI is InChI=1S/C10H13Br2NO/c1-7(14-2)6-13-10-8(11)4-3-5-9(10)12/h3-5,7,13H,6H2,1-2H3. The Bertz CT molecular complexity index is 284. The number of hydrogen-bond acceptors (Lipinski definition) is 2. The van der Waals surface area contributed by atoms with Gasteiger partial charge in [0.25, 0.3) is 0 Å². The summed E-state index contributed by atoms with van der Waals surface area (Å²) in [6.07, 6.45) is 0.203. The van der Waals surface area contributed by atoms with E-state index in [2.05, 4.69) is 37.2 Å². The first kappa shape index (κ1) is 12.0. The third-order valence-electron chi connectivity index (χ3n) is 1.93. The molecule has 1 rings (SSSR count). The Labute approximate surface area is 101 Å². The zero-order chi connectivity index (χ0) is 10.6. The summed E-state index contributed by atoms with van der Waals surface area (Å²) in [5.74, 6) is 0. The maximum Gasteiger partial charge on any atom is 0.0715 e. The summed E-state index contributed by atoms with van der Waals surface area (Å²) >= 11 is 6.97. The molecular formula is C10H13Br2NO. The molecule has 78 valence electrons. The van der Waals surface area contributed by atoms with Gasteiger partial charge in [0, 0.05) is 22.6 Å². The highest BCUT2D eigenvalue weighted by atomic mass is 79.9. The molecule has 0 saturated heterocycles. The van der Waals surface area contributed by atoms with E-state index in [9.17, 15) is 0 Å². The van der Waals surface area contributed by atoms with Gasteiger partial charge in [0.1, 0.15) is 0 Å². The van der Waals surface area contributed by atoms with E-state index in [4.69, 9.17) is 4.74 Å². The van der Waals surface area contributed by atoms with Gasteiger partial charge in [-0.05, 0) is 50.9 Å². The number of methoxy groups -OCH3 is 1. The van der Waals surface area contributed by atoms with Gasteiger partial charge in [-0.2, -0.15) is 0 Å². The van der Waals surface area contributed by atoms with Crippen molar-refractivity contribution in [2.24, 2.45) is 0 Å². The van der Waals surface area contributed by atoms with Gasteiger partial charge >= 0.3 is 0 Å². The molecular weight excluding hydrogens is 310 g/mol. The van der Waals surface area contributed by atoms with Crippen molar-refractivity contribution >= 4 is 37.5 Å². The van der Waals surface area contributed by atoms with Crippen LogP contribution in [0.4, 0.5) is 5.69 Å². The summed E-state index contributed by atoms with van der Waals surface area (Å²) in [4.78, 5) is 0. The Morgan fingerprint density at radius 2 is 1.93 bits per heavy atom. The molecule has 0 heterocycles. The largest absolute Gasteiger partial charge is 0.381 e. The molecule has 0 fully saturated rings. The number of rotatable bonds is 4. The van der Waals surface area contributed by atoms with Gasteiger partial charge in [0.15, 0.2) is 0 Å². The summed E-state index contributed by atoms with van der Waals surface area (Å²) in [7, 11) is 1.71. The van der Waals surface area contributed by atoms with Crippen molar-refractivity contribution in [3.8, 4) is 0 Å². The highest BCUT2D eigenvalue weighted by molar-refractivity contribution is 9.11. The van der Waals surface area contributed by atoms with Crippen molar-refractivity contribution in [1.82, 2.24) is 0 Å². The quantitative estimate of drug-likeness (QED) is 0.913. The first-order chi connectivity index (χ1) is 6.65. The second kappa shape index (κ2) is 5.73. The lowest BCUT2D eigenvalue weighted by Gasteiger charge is -2.14. The predicted molar refractivity (Wildman–Crippen MR) is 66.8 cm³/mol. The Hall–Kier alpha value is -0.0600. The molecule has 2 nitrogen and oxygen atoms in total. The average Bonchev–Trinajstić information content (AvgIpc) is 2.16. The summed E-state index contributed by atoms with van der Waals surface area (Å²) in [6, 6.07) is 5.99. The predicted octanol–water partition coefficient (Wildman–Crippen LogP) is 3.66. The lowest BCUT2D eigenvalue weighted by Crippen LogP contribution is -2.18. The third kappa shape index (κ3) is 3.26. The first-order valence-corrected chi connectivity index (χ1v) is 5.94. The van der Waals surface area contributed by atoms with Crippen LogP contribution in [0.1, 0.15) is 6.92 Å². The smallest absolute Gasteiger partial charge is 0.0715 e. The Balaban J connectivity index is 2.66. The molecule has 1 atom stereocenters. The fraction of sp³-hybridized carbons (Fsp3) is 0.400. The van der Waals surface area contributed by atoms with Gasteiger partial charge in [-0.15, -0.1) is 0 Å². The van der Waals surface area contributed by atoms with Gasteiger partial charge < -0.3 is 10.1 Å². The molecule has 0 bridgehead atoms. The van der Waals surface area contributed by atoms with Crippen molar-refractivity contribution in [1.29, 1.82) is 0 Å². The number of hydrogen-bond donors (Lipinski definition) is 1. The van der Waals surface area contributed by atoms with E-state index in [0.717, 1.165) is 21.2 Å². The van der Waals surface area contributed by atoms with Gasteiger partial charge in [-0.1, -0.05) is 6.07 Å². The van der Waals surface area contributed by atoms with E-state index in [1.165, 1.54) is 0 Å². The molecule has 0 aliphatic rings. The van der Waals surface area contributed by atoms with Gasteiger partial charge in [-0.25, -0.2) is 0 Å². The van der Waals surface area contributed by atoms with Crippen molar-refractivity contribution in [3.63, 3.8) is 0 Å². The van der Waals surface area contributed by atoms with Crippen molar-refractivity contribution in [2.75, 3.05) is 19.0 Å². The molecule has 0 aliphatic heterocycles. The van der Waals surface area contributed by atoms with Crippen LogP contribution in [0.5, 0.6) is 0 Å². The van der Waals surface area contributed by atoms with Gasteiger partial charge in [0.05, 0.1) is 11.8 Å². The number of anilines is 1. The van der Waals surface area contributed by atoms with E-state index in [1.54, 1.807) is 7.11 Å². The number of halogens is 2. The van der Waals surface area contributed by atoms with Crippen LogP contribution in [0.3, 0.4) is 0 Å². The van der Waals surface area contributed by atoms with Crippen LogP contribution in [0, 0.1) is 0 Å². The lowest BCUT2D eigenvalue weighted by molar-refractivity contribution is 0.129. The molecule has 1 aromatic carbocycles. The second-order valence-corrected chi connectivity index (χ2v) is 4.73. The molecule has 0 aromatic heterocycles. The Morgan fingerprint density at radius 3 is 2.43 bits per heavy atom. The van der Waals surface area contributed by atoms with Crippen LogP contribution < -0.4 is 5.32 Å². The minimum atomic E-state index is 0.203. The van der Waals surface area contributed by atoms with Gasteiger partial charge in [-0.3, -0.25) is 0 Å². The normalized spacial score (nSPS) is 12.6. The number of nitrogens with one attached hydrogen (secondary N) is 1. The fourth-order valence-electron chi connectivity index (χ4n) is 0.996. The highest BCUT2D eigenvalue weighted by Crippen LogP contribution is 2.30. The van der Waals surface area contributed by atoms with E-state index < -0.39 is 0 Å². The van der Waals surface area contributed by atoms with Crippen molar-refractivity contribution in [3.05, 3.63) is 27.1 Å². The lowest BCUT2D eigenvalue weighted by atomic mass is 10.3. The van der Waals surface area contributed by atoms with Crippen LogP contribution in [0.15, 0.2) is 27.1 Å². The molecule has 0 saturated carbocycles. The Kier molecular flexibility index (Phi) is 4.92.